The Balaban J connectivity index is 1.82. The van der Waals surface area contributed by atoms with E-state index in [0.29, 0.717) is 13.1 Å². The Morgan fingerprint density at radius 2 is 2.28 bits per heavy atom. The topological polar surface area (TPSA) is 51.0 Å². The molecule has 0 N–H and O–H groups in total. The van der Waals surface area contributed by atoms with Crippen molar-refractivity contribution in [3.05, 3.63) is 32.4 Å². The van der Waals surface area contributed by atoms with Crippen molar-refractivity contribution in [3.8, 4) is 0 Å². The largest absolute Gasteiger partial charge is 0.329 e. The van der Waals surface area contributed by atoms with Crippen LogP contribution >= 0.6 is 27.3 Å². The van der Waals surface area contributed by atoms with E-state index in [1.54, 1.807) is 0 Å². The molecule has 3 heterocycles. The van der Waals surface area contributed by atoms with Crippen molar-refractivity contribution in [1.29, 1.82) is 0 Å². The van der Waals surface area contributed by atoms with Crippen molar-refractivity contribution in [2.24, 2.45) is 0 Å². The van der Waals surface area contributed by atoms with Crippen LogP contribution in [0.3, 0.4) is 0 Å². The molecule has 18 heavy (non-hydrogen) atoms. The molecule has 0 aliphatic carbocycles. The van der Waals surface area contributed by atoms with Gasteiger partial charge in [0.1, 0.15) is 5.82 Å². The van der Waals surface area contributed by atoms with E-state index in [2.05, 4.69) is 30.7 Å². The fourth-order valence-electron chi connectivity index (χ4n) is 2.08. The minimum atomic E-state index is 0.0591. The molecule has 5 nitrogen and oxygen atoms in total. The minimum absolute atomic E-state index is 0.0591. The number of aryl methyl sites for hydroxylation is 1. The Labute approximate surface area is 117 Å². The number of carbonyl (C=O) groups excluding carboxylic acids is 1. The Bertz CT molecular complexity index is 606. The van der Waals surface area contributed by atoms with Gasteiger partial charge in [-0.15, -0.1) is 21.5 Å². The quantitative estimate of drug-likeness (QED) is 0.806. The molecule has 0 saturated carbocycles. The van der Waals surface area contributed by atoms with Gasteiger partial charge in [0.2, 0.25) is 0 Å². The second-order valence-electron chi connectivity index (χ2n) is 4.18. The fourth-order valence-corrected chi connectivity index (χ4v) is 3.21. The maximum atomic E-state index is 12.3. The Kier molecular flexibility index (Phi) is 2.95. The highest BCUT2D eigenvalue weighted by molar-refractivity contribution is 9.11. The lowest BCUT2D eigenvalue weighted by Gasteiger charge is -2.27. The molecule has 1 aliphatic heterocycles. The summed E-state index contributed by atoms with van der Waals surface area (Å²) in [7, 11) is 0. The average Bonchev–Trinajstić information content (AvgIpc) is 2.95. The number of fused-ring (bicyclic) bond motifs is 1. The van der Waals surface area contributed by atoms with Crippen LogP contribution in [0.1, 0.15) is 22.0 Å². The number of amides is 1. The summed E-state index contributed by atoms with van der Waals surface area (Å²) < 4.78 is 3.04. The normalized spacial score (nSPS) is 14.7. The van der Waals surface area contributed by atoms with E-state index in [0.717, 1.165) is 27.5 Å². The molecular weight excluding hydrogens is 316 g/mol. The summed E-state index contributed by atoms with van der Waals surface area (Å²) in [6.45, 7) is 3.94. The Hall–Kier alpha value is -1.21. The van der Waals surface area contributed by atoms with Crippen LogP contribution < -0.4 is 0 Å². The van der Waals surface area contributed by atoms with Crippen LogP contribution in [-0.4, -0.2) is 32.1 Å². The predicted molar refractivity (Wildman–Crippen MR) is 71.5 cm³/mol. The lowest BCUT2D eigenvalue weighted by atomic mass is 10.2. The van der Waals surface area contributed by atoms with Gasteiger partial charge < -0.3 is 9.47 Å². The van der Waals surface area contributed by atoms with Crippen LogP contribution in [0.4, 0.5) is 0 Å². The van der Waals surface area contributed by atoms with Crippen LogP contribution in [0.25, 0.3) is 0 Å². The number of hydrogen-bond donors (Lipinski definition) is 0. The first kappa shape index (κ1) is 11.9. The third-order valence-corrected chi connectivity index (χ3v) is 4.54. The number of nitrogens with zero attached hydrogens (tertiary/aromatic N) is 4. The monoisotopic (exact) mass is 326 g/mol. The molecule has 0 fully saturated rings. The fraction of sp³-hybridized carbons (Fsp3) is 0.364. The average molecular weight is 327 g/mol. The summed E-state index contributed by atoms with van der Waals surface area (Å²) in [4.78, 5) is 14.1. The van der Waals surface area contributed by atoms with Gasteiger partial charge >= 0.3 is 0 Å². The van der Waals surface area contributed by atoms with Crippen molar-refractivity contribution in [2.75, 3.05) is 6.54 Å². The molecule has 94 valence electrons. The molecule has 7 heteroatoms. The van der Waals surface area contributed by atoms with Crippen molar-refractivity contribution in [2.45, 2.75) is 20.0 Å². The van der Waals surface area contributed by atoms with E-state index < -0.39 is 0 Å². The van der Waals surface area contributed by atoms with Gasteiger partial charge in [0.05, 0.1) is 15.9 Å². The molecule has 2 aromatic rings. The Morgan fingerprint density at radius 3 is 3.00 bits per heavy atom. The van der Waals surface area contributed by atoms with E-state index in [1.165, 1.54) is 11.3 Å². The highest BCUT2D eigenvalue weighted by Gasteiger charge is 2.24. The second kappa shape index (κ2) is 4.47. The maximum absolute atomic E-state index is 12.3. The summed E-state index contributed by atoms with van der Waals surface area (Å²) in [5, 5.41) is 10.0. The lowest BCUT2D eigenvalue weighted by Crippen LogP contribution is -2.38. The van der Waals surface area contributed by atoms with Gasteiger partial charge in [0.15, 0.2) is 5.82 Å². The summed E-state index contributed by atoms with van der Waals surface area (Å²) in [5.41, 5.74) is 0.733. The van der Waals surface area contributed by atoms with Crippen LogP contribution in [-0.2, 0) is 13.1 Å². The molecule has 0 unspecified atom stereocenters. The molecule has 1 amide bonds. The summed E-state index contributed by atoms with van der Waals surface area (Å²) >= 11 is 4.90. The van der Waals surface area contributed by atoms with Gasteiger partial charge in [-0.2, -0.15) is 0 Å². The highest BCUT2D eigenvalue weighted by Crippen LogP contribution is 2.23. The first-order chi connectivity index (χ1) is 8.65. The zero-order chi connectivity index (χ0) is 12.7. The van der Waals surface area contributed by atoms with Gasteiger partial charge in [-0.1, -0.05) is 0 Å². The molecule has 1 aliphatic rings. The summed E-state index contributed by atoms with van der Waals surface area (Å²) in [5.74, 6) is 1.83. The molecule has 0 atom stereocenters. The van der Waals surface area contributed by atoms with Gasteiger partial charge in [0, 0.05) is 18.5 Å². The van der Waals surface area contributed by atoms with Crippen molar-refractivity contribution in [1.82, 2.24) is 19.7 Å². The number of halogens is 1. The maximum Gasteiger partial charge on any atom is 0.255 e. The molecule has 0 saturated heterocycles. The van der Waals surface area contributed by atoms with Crippen molar-refractivity contribution < 1.29 is 4.79 Å². The molecular formula is C11H11BrN4OS. The third kappa shape index (κ3) is 1.97. The van der Waals surface area contributed by atoms with Crippen LogP contribution in [0.2, 0.25) is 0 Å². The van der Waals surface area contributed by atoms with E-state index in [9.17, 15) is 4.79 Å². The second-order valence-corrected chi connectivity index (χ2v) is 6.47. The number of aromatic nitrogens is 3. The summed E-state index contributed by atoms with van der Waals surface area (Å²) in [6, 6.07) is 1.86. The number of rotatable bonds is 1. The van der Waals surface area contributed by atoms with Crippen molar-refractivity contribution in [3.63, 3.8) is 0 Å². The van der Waals surface area contributed by atoms with Gasteiger partial charge in [-0.3, -0.25) is 4.79 Å². The first-order valence-corrected chi connectivity index (χ1v) is 7.24. The molecule has 0 radical (unpaired) electrons. The molecule has 0 spiro atoms. The van der Waals surface area contributed by atoms with Gasteiger partial charge in [-0.05, 0) is 28.9 Å². The first-order valence-electron chi connectivity index (χ1n) is 5.57. The number of hydrogen-bond acceptors (Lipinski definition) is 4. The highest BCUT2D eigenvalue weighted by atomic mass is 79.9. The smallest absolute Gasteiger partial charge is 0.255 e. The summed E-state index contributed by atoms with van der Waals surface area (Å²) in [6.07, 6.45) is 0. The SMILES string of the molecule is Cc1nnc2n1CCN(C(=O)c1csc(Br)c1)C2. The van der Waals surface area contributed by atoms with Gasteiger partial charge in [0.25, 0.3) is 5.91 Å². The standard InChI is InChI=1S/C11H11BrN4OS/c1-7-13-14-10-5-15(2-3-16(7)10)11(17)8-4-9(12)18-6-8/h4,6H,2-3,5H2,1H3. The zero-order valence-electron chi connectivity index (χ0n) is 9.76. The van der Waals surface area contributed by atoms with E-state index in [-0.39, 0.29) is 5.91 Å². The van der Waals surface area contributed by atoms with Gasteiger partial charge in [-0.25, -0.2) is 0 Å². The number of thiophene rings is 1. The van der Waals surface area contributed by atoms with Crippen LogP contribution in [0.15, 0.2) is 15.2 Å². The van der Waals surface area contributed by atoms with Crippen LogP contribution in [0.5, 0.6) is 0 Å². The molecule has 0 aromatic carbocycles. The number of carbonyl (C=O) groups is 1. The minimum Gasteiger partial charge on any atom is -0.329 e. The molecule has 3 rings (SSSR count). The van der Waals surface area contributed by atoms with Crippen LogP contribution in [0, 0.1) is 6.92 Å². The van der Waals surface area contributed by atoms with E-state index >= 15 is 0 Å². The molecule has 0 bridgehead atoms. The lowest BCUT2D eigenvalue weighted by molar-refractivity contribution is 0.0707. The third-order valence-electron chi connectivity index (χ3n) is 3.04. The predicted octanol–water partition coefficient (Wildman–Crippen LogP) is 2.07. The van der Waals surface area contributed by atoms with Crippen molar-refractivity contribution >= 4 is 33.2 Å². The van der Waals surface area contributed by atoms with E-state index in [4.69, 9.17) is 0 Å². The molecule has 2 aromatic heterocycles. The van der Waals surface area contributed by atoms with E-state index in [1.807, 2.05) is 23.3 Å². The zero-order valence-corrected chi connectivity index (χ0v) is 12.2. The Morgan fingerprint density at radius 1 is 1.44 bits per heavy atom.